The van der Waals surface area contributed by atoms with Crippen molar-refractivity contribution >= 4 is 0 Å². The van der Waals surface area contributed by atoms with Crippen molar-refractivity contribution in [3.8, 4) is 0 Å². The number of rotatable bonds is 4. The third kappa shape index (κ3) is 2.89. The van der Waals surface area contributed by atoms with Gasteiger partial charge in [0.25, 0.3) is 0 Å². The van der Waals surface area contributed by atoms with E-state index < -0.39 is 30.2 Å². The first kappa shape index (κ1) is 12.9. The zero-order valence-corrected chi connectivity index (χ0v) is 9.38. The van der Waals surface area contributed by atoms with Crippen LogP contribution in [0.2, 0.25) is 0 Å². The van der Waals surface area contributed by atoms with Gasteiger partial charge in [-0.1, -0.05) is 6.92 Å². The Morgan fingerprint density at radius 1 is 1.27 bits per heavy atom. The summed E-state index contributed by atoms with van der Waals surface area (Å²) in [5.41, 5.74) is -0.421. The number of hydrogen-bond acceptors (Lipinski definition) is 5. The molecule has 0 aromatic heterocycles. The van der Waals surface area contributed by atoms with E-state index in [2.05, 4.69) is 0 Å². The molecule has 90 valence electrons. The van der Waals surface area contributed by atoms with Crippen LogP contribution in [0.5, 0.6) is 0 Å². The van der Waals surface area contributed by atoms with Crippen LogP contribution in [0.15, 0.2) is 0 Å². The molecule has 0 aromatic rings. The quantitative estimate of drug-likeness (QED) is 0.602. The van der Waals surface area contributed by atoms with Gasteiger partial charge in [-0.25, -0.2) is 0 Å². The average Bonchev–Trinajstić information content (AvgIpc) is 2.45. The summed E-state index contributed by atoms with van der Waals surface area (Å²) >= 11 is 0. The minimum atomic E-state index is -1.10. The normalized spacial score (nSPS) is 37.2. The van der Waals surface area contributed by atoms with Crippen molar-refractivity contribution in [1.82, 2.24) is 0 Å². The van der Waals surface area contributed by atoms with E-state index in [1.54, 1.807) is 0 Å². The molecule has 5 nitrogen and oxygen atoms in total. The van der Waals surface area contributed by atoms with Crippen LogP contribution in [0.1, 0.15) is 27.2 Å². The van der Waals surface area contributed by atoms with E-state index in [0.717, 1.165) is 6.42 Å². The predicted octanol–water partition coefficient (Wildman–Crippen LogP) is -0.369. The Morgan fingerprint density at radius 2 is 1.87 bits per heavy atom. The summed E-state index contributed by atoms with van der Waals surface area (Å²) in [5.74, 6) is 0. The lowest BCUT2D eigenvalue weighted by Gasteiger charge is -2.28. The molecule has 0 aliphatic carbocycles. The summed E-state index contributed by atoms with van der Waals surface area (Å²) in [7, 11) is 0. The first-order valence-electron chi connectivity index (χ1n) is 5.21. The van der Waals surface area contributed by atoms with Gasteiger partial charge in [0.2, 0.25) is 0 Å². The van der Waals surface area contributed by atoms with E-state index in [-0.39, 0.29) is 6.61 Å². The highest BCUT2D eigenvalue weighted by molar-refractivity contribution is 4.87. The van der Waals surface area contributed by atoms with Crippen LogP contribution < -0.4 is 0 Å². The molecule has 3 N–H and O–H groups in total. The largest absolute Gasteiger partial charge is 0.394 e. The van der Waals surface area contributed by atoms with Gasteiger partial charge in [-0.2, -0.15) is 0 Å². The van der Waals surface area contributed by atoms with E-state index in [4.69, 9.17) is 14.6 Å². The van der Waals surface area contributed by atoms with Crippen LogP contribution in [0.25, 0.3) is 0 Å². The van der Waals surface area contributed by atoms with Crippen LogP contribution in [0, 0.1) is 0 Å². The van der Waals surface area contributed by atoms with Crippen LogP contribution in [0.4, 0.5) is 0 Å². The van der Waals surface area contributed by atoms with E-state index >= 15 is 0 Å². The van der Waals surface area contributed by atoms with E-state index in [1.165, 1.54) is 0 Å². The van der Waals surface area contributed by atoms with E-state index in [9.17, 15) is 10.2 Å². The third-order valence-electron chi connectivity index (χ3n) is 2.79. The zero-order valence-electron chi connectivity index (χ0n) is 9.38. The smallest absolute Gasteiger partial charge is 0.187 e. The molecule has 15 heavy (non-hydrogen) atoms. The molecule has 1 fully saturated rings. The van der Waals surface area contributed by atoms with Crippen LogP contribution >= 0.6 is 0 Å². The summed E-state index contributed by atoms with van der Waals surface area (Å²) < 4.78 is 10.7. The Kier molecular flexibility index (Phi) is 4.08. The summed E-state index contributed by atoms with van der Waals surface area (Å²) in [6.45, 7) is 5.38. The second-order valence-corrected chi connectivity index (χ2v) is 4.44. The molecule has 1 aliphatic rings. The molecule has 1 heterocycles. The Hall–Kier alpha value is -0.200. The van der Waals surface area contributed by atoms with Crippen molar-refractivity contribution in [3.63, 3.8) is 0 Å². The van der Waals surface area contributed by atoms with Gasteiger partial charge in [-0.15, -0.1) is 0 Å². The van der Waals surface area contributed by atoms with Gasteiger partial charge in [-0.3, -0.25) is 0 Å². The van der Waals surface area contributed by atoms with Gasteiger partial charge in [0.05, 0.1) is 12.2 Å². The minimum Gasteiger partial charge on any atom is -0.394 e. The number of ether oxygens (including phenoxy) is 2. The van der Waals surface area contributed by atoms with Gasteiger partial charge in [0.15, 0.2) is 6.29 Å². The molecule has 0 saturated carbocycles. The molecular formula is C10H20O5. The first-order chi connectivity index (χ1) is 6.91. The maximum Gasteiger partial charge on any atom is 0.187 e. The molecule has 0 amide bonds. The monoisotopic (exact) mass is 220 g/mol. The van der Waals surface area contributed by atoms with Gasteiger partial charge < -0.3 is 24.8 Å². The predicted molar refractivity (Wildman–Crippen MR) is 53.2 cm³/mol. The highest BCUT2D eigenvalue weighted by Crippen LogP contribution is 2.27. The van der Waals surface area contributed by atoms with Crippen molar-refractivity contribution < 1.29 is 24.8 Å². The molecule has 0 aromatic carbocycles. The van der Waals surface area contributed by atoms with Gasteiger partial charge in [0, 0.05) is 0 Å². The molecule has 1 saturated heterocycles. The second-order valence-electron chi connectivity index (χ2n) is 4.44. The standard InChI is InChI=1S/C10H20O5/c1-4-10(2,3)15-9-8(13)7(12)6(5-11)14-9/h6-9,11-13H,4-5H2,1-3H3. The fourth-order valence-electron chi connectivity index (χ4n) is 1.36. The number of aliphatic hydroxyl groups is 3. The topological polar surface area (TPSA) is 79.2 Å². The summed E-state index contributed by atoms with van der Waals surface area (Å²) in [6.07, 6.45) is -3.06. The second kappa shape index (κ2) is 4.76. The van der Waals surface area contributed by atoms with Crippen LogP contribution in [-0.2, 0) is 9.47 Å². The summed E-state index contributed by atoms with van der Waals surface area (Å²) in [5, 5.41) is 28.0. The molecule has 0 radical (unpaired) electrons. The molecular weight excluding hydrogens is 200 g/mol. The summed E-state index contributed by atoms with van der Waals surface area (Å²) in [6, 6.07) is 0. The maximum atomic E-state index is 9.61. The first-order valence-corrected chi connectivity index (χ1v) is 5.21. The van der Waals surface area contributed by atoms with Crippen molar-refractivity contribution in [3.05, 3.63) is 0 Å². The Bertz CT molecular complexity index is 206. The lowest BCUT2D eigenvalue weighted by Crippen LogP contribution is -2.38. The fourth-order valence-corrected chi connectivity index (χ4v) is 1.36. The van der Waals surface area contributed by atoms with Crippen molar-refractivity contribution in [2.45, 2.75) is 57.4 Å². The van der Waals surface area contributed by atoms with Crippen molar-refractivity contribution in [1.29, 1.82) is 0 Å². The van der Waals surface area contributed by atoms with Crippen LogP contribution in [0.3, 0.4) is 0 Å². The molecule has 1 rings (SSSR count). The SMILES string of the molecule is CCC(C)(C)OC1OC(CO)C(O)C1O. The fraction of sp³-hybridized carbons (Fsp3) is 1.00. The highest BCUT2D eigenvalue weighted by Gasteiger charge is 2.44. The molecule has 0 bridgehead atoms. The lowest BCUT2D eigenvalue weighted by molar-refractivity contribution is -0.220. The van der Waals surface area contributed by atoms with Crippen molar-refractivity contribution in [2.75, 3.05) is 6.61 Å². The van der Waals surface area contributed by atoms with Gasteiger partial charge >= 0.3 is 0 Å². The Labute approximate surface area is 89.6 Å². The van der Waals surface area contributed by atoms with Crippen molar-refractivity contribution in [2.24, 2.45) is 0 Å². The molecule has 4 atom stereocenters. The Morgan fingerprint density at radius 3 is 2.27 bits per heavy atom. The maximum absolute atomic E-state index is 9.61. The number of hydrogen-bond donors (Lipinski definition) is 3. The zero-order chi connectivity index (χ0) is 11.6. The van der Waals surface area contributed by atoms with Crippen LogP contribution in [-0.4, -0.2) is 52.1 Å². The number of aliphatic hydroxyl groups excluding tert-OH is 3. The molecule has 5 heteroatoms. The van der Waals surface area contributed by atoms with Gasteiger partial charge in [0.1, 0.15) is 18.3 Å². The average molecular weight is 220 g/mol. The Balaban J connectivity index is 2.58. The molecule has 4 unspecified atom stereocenters. The van der Waals surface area contributed by atoms with E-state index in [0.29, 0.717) is 0 Å². The summed E-state index contributed by atoms with van der Waals surface area (Å²) in [4.78, 5) is 0. The lowest BCUT2D eigenvalue weighted by atomic mass is 10.1. The molecule has 1 aliphatic heterocycles. The molecule has 0 spiro atoms. The minimum absolute atomic E-state index is 0.329. The highest BCUT2D eigenvalue weighted by atomic mass is 16.7. The van der Waals surface area contributed by atoms with Gasteiger partial charge in [-0.05, 0) is 20.3 Å². The third-order valence-corrected chi connectivity index (χ3v) is 2.79. The van der Waals surface area contributed by atoms with E-state index in [1.807, 2.05) is 20.8 Å².